The van der Waals surface area contributed by atoms with Crippen LogP contribution in [-0.4, -0.2) is 46.2 Å². The Hall–Kier alpha value is -3.37. The van der Waals surface area contributed by atoms with Gasteiger partial charge >= 0.3 is 0 Å². The number of aliphatic hydroxyl groups is 2. The molecule has 2 aromatic carbocycles. The third-order valence-corrected chi connectivity index (χ3v) is 11.7. The van der Waals surface area contributed by atoms with Crippen LogP contribution in [0.2, 0.25) is 0 Å². The smallest absolute Gasteiger partial charge is 0.193 e. The predicted octanol–water partition coefficient (Wildman–Crippen LogP) is 4.90. The van der Waals surface area contributed by atoms with Gasteiger partial charge in [0.25, 0.3) is 0 Å². The number of allylic oxidation sites excluding steroid dienone is 4. The number of benzene rings is 2. The molecule has 0 bridgehead atoms. The van der Waals surface area contributed by atoms with E-state index in [1.807, 2.05) is 19.1 Å². The van der Waals surface area contributed by atoms with Crippen molar-refractivity contribution >= 4 is 17.3 Å². The number of rotatable bonds is 6. The van der Waals surface area contributed by atoms with Gasteiger partial charge in [0.1, 0.15) is 13.2 Å². The molecule has 45 heavy (non-hydrogen) atoms. The number of anilines is 1. The van der Waals surface area contributed by atoms with Crippen LogP contribution in [-0.2, 0) is 25.7 Å². The van der Waals surface area contributed by atoms with Crippen LogP contribution >= 0.6 is 0 Å². The van der Waals surface area contributed by atoms with E-state index in [0.29, 0.717) is 17.7 Å². The first-order valence-electron chi connectivity index (χ1n) is 15.8. The third-order valence-electron chi connectivity index (χ3n) is 11.7. The lowest BCUT2D eigenvalue weighted by Crippen LogP contribution is -2.63. The monoisotopic (exact) mass is 617 g/mol. The van der Waals surface area contributed by atoms with Gasteiger partial charge in [0.05, 0.1) is 17.8 Å². The van der Waals surface area contributed by atoms with E-state index in [1.165, 1.54) is 0 Å². The number of carbonyl (C=O) groups is 2. The summed E-state index contributed by atoms with van der Waals surface area (Å²) in [5.74, 6) is -1.36. The second-order valence-electron chi connectivity index (χ2n) is 14.0. The number of nitrogen functional groups attached to an aromatic ring is 1. The first-order chi connectivity index (χ1) is 21.4. The highest BCUT2D eigenvalue weighted by molar-refractivity contribution is 6.01. The SMILES string of the molecule is Cc1ccc(OCc2cccc(N)c2)c(F)c1[C@H]1O[C@@H]2CC3[C@@H]4CCC5=CC(=O)C=C[C@]5(C)C4[C@@H](O)C[C@]3(C)[C@]2(C(=O)CO)O1. The van der Waals surface area contributed by atoms with Crippen LogP contribution in [0.5, 0.6) is 5.75 Å². The van der Waals surface area contributed by atoms with Gasteiger partial charge in [-0.25, -0.2) is 4.39 Å². The number of aliphatic hydroxyl groups excluding tert-OH is 2. The van der Waals surface area contributed by atoms with Crippen LogP contribution in [0.1, 0.15) is 62.5 Å². The van der Waals surface area contributed by atoms with E-state index < -0.39 is 53.1 Å². The Labute approximate surface area is 262 Å². The number of halogens is 1. The van der Waals surface area contributed by atoms with E-state index in [4.69, 9.17) is 19.9 Å². The minimum atomic E-state index is -1.57. The van der Waals surface area contributed by atoms with Crippen LogP contribution in [0.25, 0.3) is 0 Å². The summed E-state index contributed by atoms with van der Waals surface area (Å²) >= 11 is 0. The molecule has 8 nitrogen and oxygen atoms in total. The maximum Gasteiger partial charge on any atom is 0.193 e. The van der Waals surface area contributed by atoms with Crippen molar-refractivity contribution in [3.63, 3.8) is 0 Å². The topological polar surface area (TPSA) is 128 Å². The number of ketones is 2. The molecule has 1 aliphatic heterocycles. The van der Waals surface area contributed by atoms with E-state index in [-0.39, 0.29) is 47.9 Å². The molecule has 4 fully saturated rings. The summed E-state index contributed by atoms with van der Waals surface area (Å²) in [5, 5.41) is 22.1. The van der Waals surface area contributed by atoms with Crippen LogP contribution in [0, 0.1) is 41.3 Å². The van der Waals surface area contributed by atoms with Crippen LogP contribution in [0.15, 0.2) is 60.2 Å². The van der Waals surface area contributed by atoms with Crippen molar-refractivity contribution in [1.82, 2.24) is 0 Å². The van der Waals surface area contributed by atoms with Crippen molar-refractivity contribution < 1.29 is 38.4 Å². The third kappa shape index (κ3) is 4.31. The van der Waals surface area contributed by atoms with Gasteiger partial charge in [0.2, 0.25) is 0 Å². The van der Waals surface area contributed by atoms with E-state index in [2.05, 4.69) is 6.92 Å². The Balaban J connectivity index is 1.21. The molecule has 2 unspecified atom stereocenters. The van der Waals surface area contributed by atoms with Gasteiger partial charge in [0.15, 0.2) is 35.0 Å². The van der Waals surface area contributed by atoms with Crippen molar-refractivity contribution in [2.75, 3.05) is 12.3 Å². The van der Waals surface area contributed by atoms with E-state index in [1.54, 1.807) is 49.4 Å². The molecule has 9 atom stereocenters. The van der Waals surface area contributed by atoms with Gasteiger partial charge in [-0.1, -0.05) is 43.7 Å². The van der Waals surface area contributed by atoms with Crippen molar-refractivity contribution in [2.24, 2.45) is 28.6 Å². The number of carbonyl (C=O) groups excluding carboxylic acids is 2. The van der Waals surface area contributed by atoms with Gasteiger partial charge in [-0.05, 0) is 85.9 Å². The molecule has 238 valence electrons. The second kappa shape index (κ2) is 10.6. The van der Waals surface area contributed by atoms with Gasteiger partial charge < -0.3 is 30.2 Å². The normalized spacial score (nSPS) is 38.2. The molecule has 7 rings (SSSR count). The van der Waals surface area contributed by atoms with E-state index in [0.717, 1.165) is 24.0 Å². The summed E-state index contributed by atoms with van der Waals surface area (Å²) in [6.07, 6.45) is 4.67. The Bertz CT molecular complexity index is 1640. The molecule has 2 aromatic rings. The lowest BCUT2D eigenvalue weighted by atomic mass is 9.46. The molecule has 0 spiro atoms. The quantitative estimate of drug-likeness (QED) is 0.391. The fraction of sp³-hybridized carbons (Fsp3) is 0.500. The first-order valence-corrected chi connectivity index (χ1v) is 15.8. The fourth-order valence-electron chi connectivity index (χ4n) is 9.73. The minimum Gasteiger partial charge on any atom is -0.486 e. The van der Waals surface area contributed by atoms with Gasteiger partial charge in [0, 0.05) is 22.4 Å². The largest absolute Gasteiger partial charge is 0.486 e. The highest BCUT2D eigenvalue weighted by atomic mass is 19.1. The van der Waals surface area contributed by atoms with Gasteiger partial charge in [-0.15, -0.1) is 0 Å². The molecule has 5 aliphatic rings. The van der Waals surface area contributed by atoms with E-state index in [9.17, 15) is 19.8 Å². The predicted molar refractivity (Wildman–Crippen MR) is 163 cm³/mol. The average Bonchev–Trinajstić information content (AvgIpc) is 3.49. The lowest BCUT2D eigenvalue weighted by molar-refractivity contribution is -0.201. The van der Waals surface area contributed by atoms with E-state index >= 15 is 4.39 Å². The molecular formula is C36H40FNO7. The number of hydrogen-bond donors (Lipinski definition) is 3. The fourth-order valence-corrected chi connectivity index (χ4v) is 9.73. The number of Topliss-reactive ketones (excluding diaryl/α,β-unsaturated/α-hetero) is 1. The molecule has 1 heterocycles. The molecule has 3 saturated carbocycles. The summed E-state index contributed by atoms with van der Waals surface area (Å²) in [4.78, 5) is 26.0. The zero-order chi connectivity index (χ0) is 31.9. The molecule has 4 N–H and O–H groups in total. The van der Waals surface area contributed by atoms with Crippen molar-refractivity contribution in [3.8, 4) is 5.75 Å². The number of fused-ring (bicyclic) bond motifs is 7. The zero-order valence-corrected chi connectivity index (χ0v) is 25.8. The highest BCUT2D eigenvalue weighted by Crippen LogP contribution is 2.70. The Morgan fingerprint density at radius 2 is 2.02 bits per heavy atom. The van der Waals surface area contributed by atoms with Crippen molar-refractivity contribution in [2.45, 2.75) is 77.2 Å². The Morgan fingerprint density at radius 3 is 2.78 bits per heavy atom. The maximum absolute atomic E-state index is 16.2. The van der Waals surface area contributed by atoms with Crippen LogP contribution in [0.3, 0.4) is 0 Å². The van der Waals surface area contributed by atoms with Crippen molar-refractivity contribution in [1.29, 1.82) is 0 Å². The van der Waals surface area contributed by atoms with Gasteiger partial charge in [-0.3, -0.25) is 9.59 Å². The van der Waals surface area contributed by atoms with Crippen LogP contribution in [0.4, 0.5) is 10.1 Å². The summed E-state index contributed by atoms with van der Waals surface area (Å²) < 4.78 is 35.1. The van der Waals surface area contributed by atoms with Crippen molar-refractivity contribution in [3.05, 3.63) is 82.7 Å². The average molecular weight is 618 g/mol. The number of aryl methyl sites for hydroxylation is 1. The first kappa shape index (κ1) is 30.3. The number of ether oxygens (including phenoxy) is 3. The maximum atomic E-state index is 16.2. The Morgan fingerprint density at radius 1 is 1.22 bits per heavy atom. The molecule has 0 aromatic heterocycles. The molecular weight excluding hydrogens is 577 g/mol. The molecule has 0 amide bonds. The molecule has 9 heteroatoms. The molecule has 1 saturated heterocycles. The van der Waals surface area contributed by atoms with Crippen LogP contribution < -0.4 is 10.5 Å². The highest BCUT2D eigenvalue weighted by Gasteiger charge is 2.76. The Kier molecular flexibility index (Phi) is 7.13. The minimum absolute atomic E-state index is 0.0168. The molecule has 4 aliphatic carbocycles. The summed E-state index contributed by atoms with van der Waals surface area (Å²) in [6.45, 7) is 5.13. The second-order valence-corrected chi connectivity index (χ2v) is 14.0. The lowest BCUT2D eigenvalue weighted by Gasteiger charge is -2.59. The molecule has 0 radical (unpaired) electrons. The number of nitrogens with two attached hydrogens (primary N) is 1. The summed E-state index contributed by atoms with van der Waals surface area (Å²) in [6, 6.07) is 10.4. The van der Waals surface area contributed by atoms with Gasteiger partial charge in [-0.2, -0.15) is 0 Å². The standard InChI is InChI=1S/C36H40FNO7/c1-19-7-10-27(43-18-20-5-4-6-22(38)13-20)32(37)30(19)33-44-29-15-25-24-9-8-21-14-23(40)11-12-34(21,2)31(24)26(41)16-35(25,3)36(29,45-33)28(42)17-39/h4-7,10-14,24-26,29,31,33,39,41H,8-9,15-18,38H2,1-3H3/t24-,25?,26-,29+,31?,33-,34-,35-,36+/m0/s1. The summed E-state index contributed by atoms with van der Waals surface area (Å²) in [7, 11) is 0. The zero-order valence-electron chi connectivity index (χ0n) is 25.8. The number of hydrogen-bond acceptors (Lipinski definition) is 8. The summed E-state index contributed by atoms with van der Waals surface area (Å²) in [5.41, 5.74) is 6.07.